The highest BCUT2D eigenvalue weighted by atomic mass is 32.1. The molecule has 5 nitrogen and oxygen atoms in total. The highest BCUT2D eigenvalue weighted by Crippen LogP contribution is 2.31. The summed E-state index contributed by atoms with van der Waals surface area (Å²) < 4.78 is 6.36. The fourth-order valence-electron chi connectivity index (χ4n) is 3.44. The van der Waals surface area contributed by atoms with Crippen molar-refractivity contribution in [2.24, 2.45) is 5.92 Å². The number of hydrogen-bond donors (Lipinski definition) is 1. The van der Waals surface area contributed by atoms with E-state index in [1.54, 1.807) is 18.4 Å². The maximum Gasteiger partial charge on any atom is 0.225 e. The van der Waals surface area contributed by atoms with Crippen LogP contribution in [0.3, 0.4) is 0 Å². The molecule has 1 saturated heterocycles. The molecule has 1 fully saturated rings. The average Bonchev–Trinajstić information content (AvgIpc) is 3.17. The minimum absolute atomic E-state index is 0.00371. The number of fused-ring (bicyclic) bond motifs is 1. The Labute approximate surface area is 163 Å². The number of carbonyl (C=O) groups excluding carboxylic acids is 1. The average molecular weight is 382 g/mol. The minimum atomic E-state index is 0.00371. The number of thiazole rings is 1. The second kappa shape index (κ2) is 7.96. The molecule has 2 heterocycles. The van der Waals surface area contributed by atoms with Crippen molar-refractivity contribution in [3.63, 3.8) is 0 Å². The molecule has 4 rings (SSSR count). The van der Waals surface area contributed by atoms with E-state index < -0.39 is 0 Å². The van der Waals surface area contributed by atoms with Gasteiger partial charge in [0.1, 0.15) is 5.75 Å². The van der Waals surface area contributed by atoms with Gasteiger partial charge in [-0.05, 0) is 42.7 Å². The quantitative estimate of drug-likeness (QED) is 0.730. The molecule has 0 aliphatic carbocycles. The first-order chi connectivity index (χ1) is 13.2. The Morgan fingerprint density at radius 2 is 2.07 bits per heavy atom. The van der Waals surface area contributed by atoms with Gasteiger partial charge in [-0.15, -0.1) is 0 Å². The zero-order valence-electron chi connectivity index (χ0n) is 15.4. The predicted molar refractivity (Wildman–Crippen MR) is 109 cm³/mol. The highest BCUT2D eigenvalue weighted by molar-refractivity contribution is 7.22. The number of nitrogens with one attached hydrogen (secondary N) is 1. The number of anilines is 1. The standard InChI is InChI=1S/C21H23N3O2S/c1-26-17-10-8-15(9-11-17)13-22-20(25)16-5-4-12-24(14-16)21-23-18-6-2-3-7-19(18)27-21/h2-3,6-11,16H,4-5,12-14H2,1H3,(H,22,25). The zero-order chi connectivity index (χ0) is 18.6. The zero-order valence-corrected chi connectivity index (χ0v) is 16.2. The number of piperidine rings is 1. The first kappa shape index (κ1) is 17.8. The highest BCUT2D eigenvalue weighted by Gasteiger charge is 2.27. The summed E-state index contributed by atoms with van der Waals surface area (Å²) in [4.78, 5) is 19.7. The van der Waals surface area contributed by atoms with Gasteiger partial charge in [0, 0.05) is 19.6 Å². The molecule has 1 aliphatic rings. The molecule has 6 heteroatoms. The van der Waals surface area contributed by atoms with E-state index in [-0.39, 0.29) is 11.8 Å². The van der Waals surface area contributed by atoms with Crippen LogP contribution >= 0.6 is 11.3 Å². The smallest absolute Gasteiger partial charge is 0.225 e. The summed E-state index contributed by atoms with van der Waals surface area (Å²) in [6.07, 6.45) is 1.94. The molecule has 1 amide bonds. The maximum atomic E-state index is 12.7. The summed E-state index contributed by atoms with van der Waals surface area (Å²) in [5, 5.41) is 4.10. The van der Waals surface area contributed by atoms with Gasteiger partial charge in [-0.3, -0.25) is 4.79 Å². The van der Waals surface area contributed by atoms with Gasteiger partial charge in [-0.1, -0.05) is 35.6 Å². The first-order valence-corrected chi connectivity index (χ1v) is 10.1. The Morgan fingerprint density at radius 3 is 2.85 bits per heavy atom. The number of nitrogens with zero attached hydrogens (tertiary/aromatic N) is 2. The van der Waals surface area contributed by atoms with Gasteiger partial charge in [-0.25, -0.2) is 4.98 Å². The monoisotopic (exact) mass is 381 g/mol. The van der Waals surface area contributed by atoms with Crippen LogP contribution in [0.2, 0.25) is 0 Å². The number of rotatable bonds is 5. The number of para-hydroxylation sites is 1. The molecule has 0 radical (unpaired) electrons. The van der Waals surface area contributed by atoms with Gasteiger partial charge < -0.3 is 15.0 Å². The lowest BCUT2D eigenvalue weighted by molar-refractivity contribution is -0.125. The van der Waals surface area contributed by atoms with Gasteiger partial charge in [0.05, 0.1) is 23.2 Å². The van der Waals surface area contributed by atoms with Crippen LogP contribution in [0.4, 0.5) is 5.13 Å². The fourth-order valence-corrected chi connectivity index (χ4v) is 4.44. The van der Waals surface area contributed by atoms with E-state index in [2.05, 4.69) is 16.3 Å². The van der Waals surface area contributed by atoms with E-state index in [4.69, 9.17) is 9.72 Å². The Balaban J connectivity index is 1.37. The lowest BCUT2D eigenvalue weighted by Gasteiger charge is -2.31. The van der Waals surface area contributed by atoms with E-state index in [0.29, 0.717) is 6.54 Å². The molecule has 0 saturated carbocycles. The number of benzene rings is 2. The molecular weight excluding hydrogens is 358 g/mol. The molecule has 1 aliphatic heterocycles. The molecule has 1 aromatic heterocycles. The number of methoxy groups -OCH3 is 1. The number of ether oxygens (including phenoxy) is 1. The van der Waals surface area contributed by atoms with Crippen LogP contribution in [0, 0.1) is 5.92 Å². The normalized spacial score (nSPS) is 17.1. The van der Waals surface area contributed by atoms with Crippen molar-refractivity contribution in [1.82, 2.24) is 10.3 Å². The summed E-state index contributed by atoms with van der Waals surface area (Å²) in [5.74, 6) is 0.949. The van der Waals surface area contributed by atoms with Crippen LogP contribution in [0.1, 0.15) is 18.4 Å². The Morgan fingerprint density at radius 1 is 1.26 bits per heavy atom. The Kier molecular flexibility index (Phi) is 5.25. The molecule has 0 spiro atoms. The van der Waals surface area contributed by atoms with Crippen molar-refractivity contribution in [3.8, 4) is 5.75 Å². The van der Waals surface area contributed by atoms with Crippen LogP contribution in [0.25, 0.3) is 10.2 Å². The van der Waals surface area contributed by atoms with Gasteiger partial charge in [0.15, 0.2) is 5.13 Å². The molecule has 1 unspecified atom stereocenters. The number of amides is 1. The first-order valence-electron chi connectivity index (χ1n) is 9.24. The molecule has 27 heavy (non-hydrogen) atoms. The van der Waals surface area contributed by atoms with Crippen molar-refractivity contribution in [3.05, 3.63) is 54.1 Å². The topological polar surface area (TPSA) is 54.5 Å². The van der Waals surface area contributed by atoms with E-state index in [9.17, 15) is 4.79 Å². The summed E-state index contributed by atoms with van der Waals surface area (Å²) in [6, 6.07) is 16.0. The van der Waals surface area contributed by atoms with E-state index in [1.165, 1.54) is 4.70 Å². The lowest BCUT2D eigenvalue weighted by Crippen LogP contribution is -2.42. The third kappa shape index (κ3) is 4.06. The third-order valence-electron chi connectivity index (χ3n) is 4.97. The van der Waals surface area contributed by atoms with Crippen LogP contribution in [0.5, 0.6) is 5.75 Å². The summed E-state index contributed by atoms with van der Waals surface area (Å²) in [6.45, 7) is 2.23. The van der Waals surface area contributed by atoms with Crippen LogP contribution in [-0.4, -0.2) is 31.1 Å². The summed E-state index contributed by atoms with van der Waals surface area (Å²) in [5.41, 5.74) is 2.10. The summed E-state index contributed by atoms with van der Waals surface area (Å²) >= 11 is 1.70. The summed E-state index contributed by atoms with van der Waals surface area (Å²) in [7, 11) is 1.65. The lowest BCUT2D eigenvalue weighted by atomic mass is 9.97. The van der Waals surface area contributed by atoms with E-state index >= 15 is 0 Å². The third-order valence-corrected chi connectivity index (χ3v) is 6.07. The number of carbonyl (C=O) groups is 1. The van der Waals surface area contributed by atoms with Gasteiger partial charge in [0.25, 0.3) is 0 Å². The predicted octanol–water partition coefficient (Wildman–Crippen LogP) is 3.84. The van der Waals surface area contributed by atoms with E-state index in [1.807, 2.05) is 42.5 Å². The van der Waals surface area contributed by atoms with Gasteiger partial charge >= 0.3 is 0 Å². The second-order valence-electron chi connectivity index (χ2n) is 6.82. The SMILES string of the molecule is COc1ccc(CNC(=O)C2CCCN(c3nc4ccccc4s3)C2)cc1. The van der Waals surface area contributed by atoms with Crippen molar-refractivity contribution >= 4 is 32.6 Å². The van der Waals surface area contributed by atoms with Crippen molar-refractivity contribution in [1.29, 1.82) is 0 Å². The molecule has 140 valence electrons. The molecule has 1 atom stereocenters. The minimum Gasteiger partial charge on any atom is -0.497 e. The maximum absolute atomic E-state index is 12.7. The fraction of sp³-hybridized carbons (Fsp3) is 0.333. The molecule has 0 bridgehead atoms. The van der Waals surface area contributed by atoms with Crippen molar-refractivity contribution < 1.29 is 9.53 Å². The van der Waals surface area contributed by atoms with Gasteiger partial charge in [0.2, 0.25) is 5.91 Å². The molecule has 3 aromatic rings. The second-order valence-corrected chi connectivity index (χ2v) is 7.82. The van der Waals surface area contributed by atoms with Crippen molar-refractivity contribution in [2.75, 3.05) is 25.1 Å². The molecular formula is C21H23N3O2S. The van der Waals surface area contributed by atoms with E-state index in [0.717, 1.165) is 47.9 Å². The molecule has 1 N–H and O–H groups in total. The number of aromatic nitrogens is 1. The van der Waals surface area contributed by atoms with Gasteiger partial charge in [-0.2, -0.15) is 0 Å². The van der Waals surface area contributed by atoms with Crippen LogP contribution in [-0.2, 0) is 11.3 Å². The van der Waals surface area contributed by atoms with Crippen LogP contribution in [0.15, 0.2) is 48.5 Å². The van der Waals surface area contributed by atoms with Crippen molar-refractivity contribution in [2.45, 2.75) is 19.4 Å². The molecule has 2 aromatic carbocycles. The Hall–Kier alpha value is -2.60. The van der Waals surface area contributed by atoms with Crippen LogP contribution < -0.4 is 15.0 Å². The number of hydrogen-bond acceptors (Lipinski definition) is 5. The largest absolute Gasteiger partial charge is 0.497 e. The Bertz CT molecular complexity index is 890.